The smallest absolute Gasteiger partial charge is 0.359 e. The van der Waals surface area contributed by atoms with Crippen molar-refractivity contribution in [3.05, 3.63) is 76.2 Å². The summed E-state index contributed by atoms with van der Waals surface area (Å²) >= 11 is 9.42. The first kappa shape index (κ1) is 22.9. The van der Waals surface area contributed by atoms with E-state index in [9.17, 15) is 4.79 Å². The number of ether oxygens (including phenoxy) is 1. The average Bonchev–Trinajstić information content (AvgIpc) is 3.46. The zero-order chi connectivity index (χ0) is 23.2. The Hall–Kier alpha value is -3.23. The molecule has 0 saturated heterocycles. The molecule has 2 N–H and O–H groups in total. The van der Waals surface area contributed by atoms with Gasteiger partial charge in [0.25, 0.3) is 0 Å². The molecule has 0 atom stereocenters. The predicted octanol–water partition coefficient (Wildman–Crippen LogP) is 6.56. The standard InChI is InChI=1S/C12H13BrN2O2.C12H8ClN3/c1-2-3-6-17-12(16)11-9-5-4-8(13)7-10(9)14-15-11;13-12-10(2-1-5-14-12)8-3-4-11-9(6-8)7-15-16-11/h4-5,7H,2-3,6H2,1H3,(H,14,15);1-7H,(H,15,16). The van der Waals surface area contributed by atoms with Gasteiger partial charge in [0.2, 0.25) is 0 Å². The maximum Gasteiger partial charge on any atom is 0.359 e. The highest BCUT2D eigenvalue weighted by atomic mass is 79.9. The van der Waals surface area contributed by atoms with E-state index in [4.69, 9.17) is 16.3 Å². The number of H-pyrrole nitrogens is 2. The summed E-state index contributed by atoms with van der Waals surface area (Å²) in [7, 11) is 0. The molecule has 0 radical (unpaired) electrons. The van der Waals surface area contributed by atoms with Gasteiger partial charge in [0, 0.05) is 27.0 Å². The Bertz CT molecular complexity index is 1400. The largest absolute Gasteiger partial charge is 0.461 e. The van der Waals surface area contributed by atoms with E-state index in [2.05, 4.69) is 48.2 Å². The molecule has 0 fully saturated rings. The summed E-state index contributed by atoms with van der Waals surface area (Å²) < 4.78 is 6.08. The molecule has 0 unspecified atom stereocenters. The number of carbonyl (C=O) groups is 1. The van der Waals surface area contributed by atoms with Crippen molar-refractivity contribution < 1.29 is 9.53 Å². The fourth-order valence-corrected chi connectivity index (χ4v) is 3.83. The van der Waals surface area contributed by atoms with Gasteiger partial charge < -0.3 is 4.74 Å². The molecule has 0 aliphatic carbocycles. The first-order valence-corrected chi connectivity index (χ1v) is 11.6. The first-order valence-electron chi connectivity index (χ1n) is 10.4. The molecule has 0 aliphatic rings. The maximum atomic E-state index is 11.8. The van der Waals surface area contributed by atoms with Crippen LogP contribution in [0.2, 0.25) is 5.15 Å². The number of carbonyl (C=O) groups excluding carboxylic acids is 1. The molecule has 5 rings (SSSR count). The molecule has 0 aliphatic heterocycles. The van der Waals surface area contributed by atoms with E-state index in [1.54, 1.807) is 12.4 Å². The summed E-state index contributed by atoms with van der Waals surface area (Å²) in [4.78, 5) is 15.8. The number of aromatic nitrogens is 5. The van der Waals surface area contributed by atoms with Gasteiger partial charge in [-0.2, -0.15) is 10.2 Å². The Kier molecular flexibility index (Phi) is 7.36. The number of hydrogen-bond acceptors (Lipinski definition) is 5. The molecule has 168 valence electrons. The number of rotatable bonds is 5. The Morgan fingerprint density at radius 1 is 1.12 bits per heavy atom. The second-order valence-corrected chi connectivity index (χ2v) is 8.54. The molecule has 9 heteroatoms. The number of halogens is 2. The summed E-state index contributed by atoms with van der Waals surface area (Å²) in [5, 5.41) is 16.1. The van der Waals surface area contributed by atoms with Crippen molar-refractivity contribution >= 4 is 55.3 Å². The van der Waals surface area contributed by atoms with Crippen molar-refractivity contribution in [3.8, 4) is 11.1 Å². The molecule has 2 aromatic carbocycles. The van der Waals surface area contributed by atoms with Crippen molar-refractivity contribution in [3.63, 3.8) is 0 Å². The number of nitrogens with zero attached hydrogens (tertiary/aromatic N) is 3. The molecule has 0 amide bonds. The lowest BCUT2D eigenvalue weighted by atomic mass is 10.1. The van der Waals surface area contributed by atoms with Crippen molar-refractivity contribution in [1.29, 1.82) is 0 Å². The van der Waals surface area contributed by atoms with Crippen LogP contribution in [0.3, 0.4) is 0 Å². The van der Waals surface area contributed by atoms with E-state index in [1.165, 1.54) is 0 Å². The highest BCUT2D eigenvalue weighted by Crippen LogP contribution is 2.28. The van der Waals surface area contributed by atoms with Crippen LogP contribution >= 0.6 is 27.5 Å². The summed E-state index contributed by atoms with van der Waals surface area (Å²) in [5.41, 5.74) is 4.17. The number of aromatic amines is 2. The topological polar surface area (TPSA) is 96.5 Å². The number of benzene rings is 2. The number of unbranched alkanes of at least 4 members (excludes halogenated alkanes) is 1. The van der Waals surface area contributed by atoms with Gasteiger partial charge in [0.1, 0.15) is 5.15 Å². The summed E-state index contributed by atoms with van der Waals surface area (Å²) in [6, 6.07) is 15.5. The third kappa shape index (κ3) is 5.40. The summed E-state index contributed by atoms with van der Waals surface area (Å²) in [6.45, 7) is 2.50. The fourth-order valence-electron chi connectivity index (χ4n) is 3.24. The number of esters is 1. The normalized spacial score (nSPS) is 10.8. The van der Waals surface area contributed by atoms with Crippen LogP contribution in [0.1, 0.15) is 30.3 Å². The zero-order valence-corrected chi connectivity index (χ0v) is 20.2. The van der Waals surface area contributed by atoms with Gasteiger partial charge in [0.05, 0.1) is 23.8 Å². The van der Waals surface area contributed by atoms with Crippen molar-refractivity contribution in [2.75, 3.05) is 6.61 Å². The van der Waals surface area contributed by atoms with Gasteiger partial charge in [-0.1, -0.05) is 46.9 Å². The van der Waals surface area contributed by atoms with Crippen molar-refractivity contribution in [2.45, 2.75) is 19.8 Å². The molecule has 0 spiro atoms. The van der Waals surface area contributed by atoms with E-state index in [1.807, 2.05) is 48.5 Å². The van der Waals surface area contributed by atoms with E-state index in [0.29, 0.717) is 17.5 Å². The lowest BCUT2D eigenvalue weighted by molar-refractivity contribution is 0.0495. The Balaban J connectivity index is 0.000000157. The van der Waals surface area contributed by atoms with Gasteiger partial charge in [-0.25, -0.2) is 9.78 Å². The molecule has 33 heavy (non-hydrogen) atoms. The second-order valence-electron chi connectivity index (χ2n) is 7.27. The molecule has 5 aromatic rings. The zero-order valence-electron chi connectivity index (χ0n) is 17.8. The highest BCUT2D eigenvalue weighted by Gasteiger charge is 2.15. The van der Waals surface area contributed by atoms with Crippen LogP contribution in [0, 0.1) is 0 Å². The van der Waals surface area contributed by atoms with Crippen LogP contribution in [-0.4, -0.2) is 38.0 Å². The SMILES string of the molecule is CCCCOC(=O)c1n[nH]c2cc(Br)ccc12.Clc1ncccc1-c1ccc2[nH]ncc2c1. The van der Waals surface area contributed by atoms with Crippen LogP contribution in [0.25, 0.3) is 32.9 Å². The van der Waals surface area contributed by atoms with Gasteiger partial charge >= 0.3 is 5.97 Å². The van der Waals surface area contributed by atoms with E-state index >= 15 is 0 Å². The monoisotopic (exact) mass is 525 g/mol. The lowest BCUT2D eigenvalue weighted by Gasteiger charge is -2.02. The average molecular weight is 527 g/mol. The minimum atomic E-state index is -0.368. The van der Waals surface area contributed by atoms with E-state index in [0.717, 1.165) is 50.2 Å². The lowest BCUT2D eigenvalue weighted by Crippen LogP contribution is -2.07. The molecular weight excluding hydrogens is 506 g/mol. The molecular formula is C24H21BrClN5O2. The van der Waals surface area contributed by atoms with Gasteiger partial charge in [-0.05, 0) is 54.4 Å². The van der Waals surface area contributed by atoms with Crippen LogP contribution in [0.5, 0.6) is 0 Å². The molecule has 3 heterocycles. The third-order valence-electron chi connectivity index (χ3n) is 4.96. The third-order valence-corrected chi connectivity index (χ3v) is 5.75. The van der Waals surface area contributed by atoms with E-state index in [-0.39, 0.29) is 5.97 Å². The number of pyridine rings is 1. The predicted molar refractivity (Wildman–Crippen MR) is 133 cm³/mol. The van der Waals surface area contributed by atoms with Gasteiger partial charge in [-0.3, -0.25) is 10.2 Å². The van der Waals surface area contributed by atoms with Gasteiger partial charge in [0.15, 0.2) is 5.69 Å². The Morgan fingerprint density at radius 3 is 2.82 bits per heavy atom. The minimum absolute atomic E-state index is 0.351. The van der Waals surface area contributed by atoms with E-state index < -0.39 is 0 Å². The summed E-state index contributed by atoms with van der Waals surface area (Å²) in [6.07, 6.45) is 5.35. The molecule has 0 saturated carbocycles. The van der Waals surface area contributed by atoms with Crippen molar-refractivity contribution in [1.82, 2.24) is 25.4 Å². The molecule has 3 aromatic heterocycles. The van der Waals surface area contributed by atoms with Crippen LogP contribution in [-0.2, 0) is 4.74 Å². The number of hydrogen-bond donors (Lipinski definition) is 2. The quantitative estimate of drug-likeness (QED) is 0.154. The maximum absolute atomic E-state index is 11.8. The first-order chi connectivity index (χ1) is 16.1. The van der Waals surface area contributed by atoms with Crippen molar-refractivity contribution in [2.24, 2.45) is 0 Å². The second kappa shape index (κ2) is 10.6. The fraction of sp³-hybridized carbons (Fsp3) is 0.167. The van der Waals surface area contributed by atoms with Crippen LogP contribution < -0.4 is 0 Å². The number of nitrogens with one attached hydrogen (secondary N) is 2. The highest BCUT2D eigenvalue weighted by molar-refractivity contribution is 9.10. The number of fused-ring (bicyclic) bond motifs is 2. The van der Waals surface area contributed by atoms with Crippen LogP contribution in [0.15, 0.2) is 65.4 Å². The molecule has 0 bridgehead atoms. The Labute approximate surface area is 203 Å². The summed E-state index contributed by atoms with van der Waals surface area (Å²) in [5.74, 6) is -0.368. The van der Waals surface area contributed by atoms with Gasteiger partial charge in [-0.15, -0.1) is 0 Å². The minimum Gasteiger partial charge on any atom is -0.461 e. The Morgan fingerprint density at radius 2 is 2.00 bits per heavy atom. The van der Waals surface area contributed by atoms with Crippen LogP contribution in [0.4, 0.5) is 0 Å². The molecule has 7 nitrogen and oxygen atoms in total.